The van der Waals surface area contributed by atoms with Gasteiger partial charge in [0, 0.05) is 5.39 Å². The smallest absolute Gasteiger partial charge is 0.134 e. The first-order valence-electron chi connectivity index (χ1n) is 7.55. The summed E-state index contributed by atoms with van der Waals surface area (Å²) in [4.78, 5) is 0. The number of nitrogens with one attached hydrogen (secondary N) is 1. The van der Waals surface area contributed by atoms with E-state index in [1.807, 2.05) is 13.1 Å². The molecule has 1 atom stereocenters. The van der Waals surface area contributed by atoms with Crippen LogP contribution in [0.2, 0.25) is 0 Å². The van der Waals surface area contributed by atoms with Crippen LogP contribution < -0.4 is 5.32 Å². The number of hydrogen-bond acceptors (Lipinski definition) is 2. The van der Waals surface area contributed by atoms with Crippen molar-refractivity contribution < 1.29 is 8.81 Å². The summed E-state index contributed by atoms with van der Waals surface area (Å²) in [6.07, 6.45) is 6.20. The molecule has 1 aliphatic rings. The molecule has 1 saturated carbocycles. The van der Waals surface area contributed by atoms with Crippen LogP contribution in [0.1, 0.15) is 50.8 Å². The third kappa shape index (κ3) is 2.14. The lowest BCUT2D eigenvalue weighted by atomic mass is 9.75. The van der Waals surface area contributed by atoms with Crippen molar-refractivity contribution in [1.82, 2.24) is 5.32 Å². The van der Waals surface area contributed by atoms with Gasteiger partial charge in [0.1, 0.15) is 17.2 Å². The maximum atomic E-state index is 13.3. The Balaban J connectivity index is 2.02. The first kappa shape index (κ1) is 13.6. The Morgan fingerprint density at radius 2 is 2.05 bits per heavy atom. The van der Waals surface area contributed by atoms with E-state index < -0.39 is 0 Å². The Morgan fingerprint density at radius 3 is 2.70 bits per heavy atom. The van der Waals surface area contributed by atoms with E-state index in [1.54, 1.807) is 12.1 Å². The Bertz CT molecular complexity index is 598. The fraction of sp³-hybridized carbons (Fsp3) is 0.529. The molecular formula is C17H22FNO. The van der Waals surface area contributed by atoms with Gasteiger partial charge in [0.15, 0.2) is 0 Å². The molecule has 0 saturated heterocycles. The SMILES string of the molecule is CCC1(C(NC)c2cc3cc(F)ccc3o2)CCCC1. The van der Waals surface area contributed by atoms with E-state index in [2.05, 4.69) is 12.2 Å². The van der Waals surface area contributed by atoms with Gasteiger partial charge in [0.05, 0.1) is 6.04 Å². The zero-order valence-corrected chi connectivity index (χ0v) is 12.2. The number of benzene rings is 1. The summed E-state index contributed by atoms with van der Waals surface area (Å²) < 4.78 is 19.3. The molecule has 0 bridgehead atoms. The van der Waals surface area contributed by atoms with Gasteiger partial charge >= 0.3 is 0 Å². The molecule has 1 aromatic carbocycles. The second-order valence-electron chi connectivity index (χ2n) is 5.98. The maximum Gasteiger partial charge on any atom is 0.134 e. The molecule has 1 aliphatic carbocycles. The van der Waals surface area contributed by atoms with Crippen LogP contribution in [0.5, 0.6) is 0 Å². The van der Waals surface area contributed by atoms with Crippen molar-refractivity contribution in [3.8, 4) is 0 Å². The van der Waals surface area contributed by atoms with Crippen LogP contribution in [0.15, 0.2) is 28.7 Å². The van der Waals surface area contributed by atoms with E-state index in [4.69, 9.17) is 4.42 Å². The van der Waals surface area contributed by atoms with Crippen LogP contribution in [0.4, 0.5) is 4.39 Å². The van der Waals surface area contributed by atoms with Crippen LogP contribution in [-0.2, 0) is 0 Å². The second kappa shape index (κ2) is 5.21. The molecule has 108 valence electrons. The predicted octanol–water partition coefficient (Wildman–Crippen LogP) is 4.80. The lowest BCUT2D eigenvalue weighted by Crippen LogP contribution is -2.33. The Labute approximate surface area is 119 Å². The summed E-state index contributed by atoms with van der Waals surface area (Å²) in [6, 6.07) is 6.92. The average Bonchev–Trinajstić information content (AvgIpc) is 3.06. The van der Waals surface area contributed by atoms with Gasteiger partial charge in [0.25, 0.3) is 0 Å². The fourth-order valence-electron chi connectivity index (χ4n) is 3.85. The first-order valence-corrected chi connectivity index (χ1v) is 7.55. The van der Waals surface area contributed by atoms with Crippen LogP contribution in [0.3, 0.4) is 0 Å². The maximum absolute atomic E-state index is 13.3. The molecule has 1 fully saturated rings. The van der Waals surface area contributed by atoms with E-state index in [-0.39, 0.29) is 17.3 Å². The van der Waals surface area contributed by atoms with Gasteiger partial charge in [-0.15, -0.1) is 0 Å². The third-order valence-corrected chi connectivity index (χ3v) is 4.99. The van der Waals surface area contributed by atoms with Crippen molar-refractivity contribution in [1.29, 1.82) is 0 Å². The summed E-state index contributed by atoms with van der Waals surface area (Å²) in [5, 5.41) is 4.29. The summed E-state index contributed by atoms with van der Waals surface area (Å²) in [5.74, 6) is 0.730. The lowest BCUT2D eigenvalue weighted by Gasteiger charge is -2.35. The first-order chi connectivity index (χ1) is 9.68. The topological polar surface area (TPSA) is 25.2 Å². The van der Waals surface area contributed by atoms with Crippen molar-refractivity contribution in [2.45, 2.75) is 45.1 Å². The Morgan fingerprint density at radius 1 is 1.30 bits per heavy atom. The van der Waals surface area contributed by atoms with E-state index in [0.29, 0.717) is 0 Å². The average molecular weight is 275 g/mol. The molecule has 2 nitrogen and oxygen atoms in total. The molecule has 3 heteroatoms. The number of hydrogen-bond donors (Lipinski definition) is 1. The normalized spacial score (nSPS) is 19.6. The highest BCUT2D eigenvalue weighted by Crippen LogP contribution is 2.50. The summed E-state index contributed by atoms with van der Waals surface area (Å²) in [5.41, 5.74) is 1.05. The highest BCUT2D eigenvalue weighted by atomic mass is 19.1. The quantitative estimate of drug-likeness (QED) is 0.866. The van der Waals surface area contributed by atoms with E-state index in [9.17, 15) is 4.39 Å². The zero-order chi connectivity index (χ0) is 14.2. The number of halogens is 1. The molecule has 2 aromatic rings. The van der Waals surface area contributed by atoms with Gasteiger partial charge in [0.2, 0.25) is 0 Å². The van der Waals surface area contributed by atoms with E-state index >= 15 is 0 Å². The number of rotatable bonds is 4. The minimum absolute atomic E-state index is 0.211. The number of fused-ring (bicyclic) bond motifs is 1. The largest absolute Gasteiger partial charge is 0.459 e. The van der Waals surface area contributed by atoms with Crippen molar-refractivity contribution in [3.05, 3.63) is 35.8 Å². The Hall–Kier alpha value is -1.35. The third-order valence-electron chi connectivity index (χ3n) is 4.99. The monoisotopic (exact) mass is 275 g/mol. The zero-order valence-electron chi connectivity index (χ0n) is 12.2. The molecule has 20 heavy (non-hydrogen) atoms. The standard InChI is InChI=1S/C17H22FNO/c1-3-17(8-4-5-9-17)16(19-2)15-11-12-10-13(18)6-7-14(12)20-15/h6-7,10-11,16,19H,3-5,8-9H2,1-2H3. The molecule has 1 aromatic heterocycles. The van der Waals surface area contributed by atoms with Gasteiger partial charge in [-0.3, -0.25) is 0 Å². The van der Waals surface area contributed by atoms with Crippen molar-refractivity contribution in [2.75, 3.05) is 7.05 Å². The van der Waals surface area contributed by atoms with E-state index in [1.165, 1.54) is 31.7 Å². The van der Waals surface area contributed by atoms with E-state index in [0.717, 1.165) is 23.2 Å². The molecule has 1 unspecified atom stereocenters. The molecule has 0 aliphatic heterocycles. The number of furan rings is 1. The van der Waals surface area contributed by atoms with Crippen LogP contribution in [0, 0.1) is 11.2 Å². The molecule has 0 radical (unpaired) electrons. The summed E-state index contributed by atoms with van der Waals surface area (Å²) in [6.45, 7) is 2.26. The van der Waals surface area contributed by atoms with Gasteiger partial charge in [-0.25, -0.2) is 4.39 Å². The highest BCUT2D eigenvalue weighted by molar-refractivity contribution is 5.78. The second-order valence-corrected chi connectivity index (χ2v) is 5.98. The van der Waals surface area contributed by atoms with Crippen molar-refractivity contribution in [3.63, 3.8) is 0 Å². The van der Waals surface area contributed by atoms with Gasteiger partial charge in [-0.1, -0.05) is 19.8 Å². The molecule has 1 heterocycles. The predicted molar refractivity (Wildman–Crippen MR) is 79.2 cm³/mol. The molecule has 3 rings (SSSR count). The molecule has 1 N–H and O–H groups in total. The van der Waals surface area contributed by atoms with Crippen molar-refractivity contribution in [2.24, 2.45) is 5.41 Å². The molecular weight excluding hydrogens is 253 g/mol. The summed E-state index contributed by atoms with van der Waals surface area (Å²) in [7, 11) is 1.99. The lowest BCUT2D eigenvalue weighted by molar-refractivity contribution is 0.175. The van der Waals surface area contributed by atoms with Gasteiger partial charge in [-0.2, -0.15) is 0 Å². The van der Waals surface area contributed by atoms with Crippen molar-refractivity contribution >= 4 is 11.0 Å². The van der Waals surface area contributed by atoms with Gasteiger partial charge in [-0.05, 0) is 56.0 Å². The molecule has 0 amide bonds. The fourth-order valence-corrected chi connectivity index (χ4v) is 3.85. The summed E-state index contributed by atoms with van der Waals surface area (Å²) >= 11 is 0. The minimum atomic E-state index is -0.211. The van der Waals surface area contributed by atoms with Crippen LogP contribution >= 0.6 is 0 Å². The minimum Gasteiger partial charge on any atom is -0.459 e. The highest BCUT2D eigenvalue weighted by Gasteiger charge is 2.41. The van der Waals surface area contributed by atoms with Gasteiger partial charge < -0.3 is 9.73 Å². The van der Waals surface area contributed by atoms with Crippen LogP contribution in [0.25, 0.3) is 11.0 Å². The Kier molecular flexibility index (Phi) is 3.55. The van der Waals surface area contributed by atoms with Crippen LogP contribution in [-0.4, -0.2) is 7.05 Å². The molecule has 0 spiro atoms.